The molecule has 0 radical (unpaired) electrons. The summed E-state index contributed by atoms with van der Waals surface area (Å²) < 4.78 is 13.8. The van der Waals surface area contributed by atoms with Gasteiger partial charge in [0.05, 0.1) is 19.4 Å². The van der Waals surface area contributed by atoms with Crippen molar-refractivity contribution in [2.75, 3.05) is 20.0 Å². The van der Waals surface area contributed by atoms with Gasteiger partial charge in [0.25, 0.3) is 5.56 Å². The van der Waals surface area contributed by atoms with Crippen molar-refractivity contribution in [2.45, 2.75) is 20.1 Å². The fourth-order valence-electron chi connectivity index (χ4n) is 2.27. The van der Waals surface area contributed by atoms with Gasteiger partial charge in [0.2, 0.25) is 0 Å². The molecule has 6 heteroatoms. The predicted octanol–water partition coefficient (Wildman–Crippen LogP) is 1.40. The van der Waals surface area contributed by atoms with Crippen LogP contribution in [0.5, 0.6) is 5.75 Å². The Morgan fingerprint density at radius 1 is 1.25 bits per heavy atom. The second-order valence-electron chi connectivity index (χ2n) is 4.30. The normalized spacial score (nSPS) is 10.8. The highest BCUT2D eigenvalue weighted by molar-refractivity contribution is 5.50. The van der Waals surface area contributed by atoms with Crippen LogP contribution >= 0.6 is 0 Å². The number of methoxy groups -OCH3 is 2. The van der Waals surface area contributed by atoms with Crippen molar-refractivity contribution in [3.05, 3.63) is 40.3 Å². The Morgan fingerprint density at radius 3 is 2.55 bits per heavy atom. The maximum atomic E-state index is 12.4. The Balaban J connectivity index is 2.74. The van der Waals surface area contributed by atoms with Gasteiger partial charge < -0.3 is 15.2 Å². The summed E-state index contributed by atoms with van der Waals surface area (Å²) in [6, 6.07) is 7.33. The number of ether oxygens (including phenoxy) is 2. The molecule has 1 aromatic carbocycles. The molecule has 2 N–H and O–H groups in total. The van der Waals surface area contributed by atoms with Gasteiger partial charge in [0.15, 0.2) is 0 Å². The number of hydrogen-bond donors (Lipinski definition) is 1. The van der Waals surface area contributed by atoms with Crippen LogP contribution in [0.2, 0.25) is 0 Å². The molecule has 108 valence electrons. The number of nitrogens with two attached hydrogens (primary N) is 1. The Kier molecular flexibility index (Phi) is 4.14. The number of nitrogen functional groups attached to an aromatic ring is 1. The van der Waals surface area contributed by atoms with Gasteiger partial charge >= 0.3 is 0 Å². The molecule has 1 heterocycles. The summed E-state index contributed by atoms with van der Waals surface area (Å²) in [5.41, 5.74) is 7.20. The van der Waals surface area contributed by atoms with E-state index in [4.69, 9.17) is 15.2 Å². The first-order chi connectivity index (χ1) is 9.65. The Labute approximate surface area is 117 Å². The number of hydrogen-bond acceptors (Lipinski definition) is 4. The Bertz CT molecular complexity index is 658. The molecule has 0 atom stereocenters. The lowest BCUT2D eigenvalue weighted by Crippen LogP contribution is -2.22. The van der Waals surface area contributed by atoms with Crippen LogP contribution < -0.4 is 16.0 Å². The van der Waals surface area contributed by atoms with Crippen molar-refractivity contribution in [3.63, 3.8) is 0 Å². The van der Waals surface area contributed by atoms with Gasteiger partial charge in [-0.05, 0) is 19.1 Å². The average molecular weight is 277 g/mol. The molecule has 0 saturated heterocycles. The van der Waals surface area contributed by atoms with Gasteiger partial charge in [-0.1, -0.05) is 12.1 Å². The van der Waals surface area contributed by atoms with E-state index in [0.29, 0.717) is 23.7 Å². The molecule has 0 spiro atoms. The van der Waals surface area contributed by atoms with Crippen molar-refractivity contribution in [1.82, 2.24) is 9.36 Å². The Hall–Kier alpha value is -2.21. The number of aromatic nitrogens is 2. The molecule has 0 aliphatic heterocycles. The van der Waals surface area contributed by atoms with Crippen LogP contribution in [0.1, 0.15) is 12.6 Å². The van der Waals surface area contributed by atoms with E-state index in [-0.39, 0.29) is 17.9 Å². The van der Waals surface area contributed by atoms with Gasteiger partial charge in [-0.15, -0.1) is 0 Å². The summed E-state index contributed by atoms with van der Waals surface area (Å²) in [4.78, 5) is 12.4. The number of anilines is 1. The first-order valence-electron chi connectivity index (χ1n) is 6.38. The topological polar surface area (TPSA) is 71.4 Å². The Morgan fingerprint density at radius 2 is 1.95 bits per heavy atom. The fraction of sp³-hybridized carbons (Fsp3) is 0.357. The lowest BCUT2D eigenvalue weighted by molar-refractivity contribution is 0.176. The van der Waals surface area contributed by atoms with Gasteiger partial charge in [-0.2, -0.15) is 0 Å². The zero-order chi connectivity index (χ0) is 14.7. The molecule has 2 rings (SSSR count). The largest absolute Gasteiger partial charge is 0.494 e. The smallest absolute Gasteiger partial charge is 0.295 e. The summed E-state index contributed by atoms with van der Waals surface area (Å²) in [7, 11) is 3.15. The van der Waals surface area contributed by atoms with E-state index in [1.165, 1.54) is 4.68 Å². The maximum Gasteiger partial charge on any atom is 0.295 e. The molecule has 20 heavy (non-hydrogen) atoms. The van der Waals surface area contributed by atoms with E-state index < -0.39 is 0 Å². The molecule has 0 unspecified atom stereocenters. The van der Waals surface area contributed by atoms with Crippen LogP contribution in [0.4, 0.5) is 5.69 Å². The summed E-state index contributed by atoms with van der Waals surface area (Å²) in [5.74, 6) is 0.616. The minimum Gasteiger partial charge on any atom is -0.494 e. The zero-order valence-corrected chi connectivity index (χ0v) is 11.9. The van der Waals surface area contributed by atoms with Crippen molar-refractivity contribution >= 4 is 5.69 Å². The maximum absolute atomic E-state index is 12.4. The molecule has 0 aliphatic carbocycles. The molecular formula is C14H19N3O3. The van der Waals surface area contributed by atoms with Crippen LogP contribution in [0, 0.1) is 0 Å². The average Bonchev–Trinajstić information content (AvgIpc) is 2.72. The van der Waals surface area contributed by atoms with Crippen molar-refractivity contribution in [3.8, 4) is 11.4 Å². The standard InChI is InChI=1S/C14H19N3O3/c1-4-16-11(9-19-2)13(15)14(18)17(16)10-7-5-6-8-12(10)20-3/h5-8H,4,9,15H2,1-3H3. The van der Waals surface area contributed by atoms with Gasteiger partial charge in [-0.25, -0.2) is 4.68 Å². The summed E-state index contributed by atoms with van der Waals surface area (Å²) in [6.07, 6.45) is 0. The minimum atomic E-state index is -0.261. The quantitative estimate of drug-likeness (QED) is 0.896. The summed E-state index contributed by atoms with van der Waals surface area (Å²) >= 11 is 0. The van der Waals surface area contributed by atoms with Gasteiger partial charge in [0.1, 0.15) is 17.1 Å². The first-order valence-corrected chi connectivity index (χ1v) is 6.38. The van der Waals surface area contributed by atoms with E-state index in [2.05, 4.69) is 0 Å². The van der Waals surface area contributed by atoms with Crippen LogP contribution in [-0.2, 0) is 17.9 Å². The van der Waals surface area contributed by atoms with Gasteiger partial charge in [-0.3, -0.25) is 9.48 Å². The molecule has 0 saturated carbocycles. The molecule has 0 aliphatic rings. The van der Waals surface area contributed by atoms with Crippen LogP contribution in [0.15, 0.2) is 29.1 Å². The summed E-state index contributed by atoms with van der Waals surface area (Å²) in [5, 5.41) is 0. The fourth-order valence-corrected chi connectivity index (χ4v) is 2.27. The lowest BCUT2D eigenvalue weighted by atomic mass is 10.3. The van der Waals surface area contributed by atoms with Crippen molar-refractivity contribution < 1.29 is 9.47 Å². The van der Waals surface area contributed by atoms with E-state index in [9.17, 15) is 4.79 Å². The molecule has 0 amide bonds. The van der Waals surface area contributed by atoms with Crippen LogP contribution in [0.3, 0.4) is 0 Å². The third-order valence-electron chi connectivity index (χ3n) is 3.18. The first kappa shape index (κ1) is 14.2. The highest BCUT2D eigenvalue weighted by Gasteiger charge is 2.19. The van der Waals surface area contributed by atoms with Crippen LogP contribution in [0.25, 0.3) is 5.69 Å². The highest BCUT2D eigenvalue weighted by Crippen LogP contribution is 2.23. The number of benzene rings is 1. The summed E-state index contributed by atoms with van der Waals surface area (Å²) in [6.45, 7) is 2.84. The molecule has 6 nitrogen and oxygen atoms in total. The molecular weight excluding hydrogens is 258 g/mol. The third-order valence-corrected chi connectivity index (χ3v) is 3.18. The molecule has 2 aromatic rings. The minimum absolute atomic E-state index is 0.208. The second kappa shape index (κ2) is 5.83. The number of rotatable bonds is 5. The monoisotopic (exact) mass is 277 g/mol. The lowest BCUT2D eigenvalue weighted by Gasteiger charge is -2.15. The zero-order valence-electron chi connectivity index (χ0n) is 11.9. The number of para-hydroxylation sites is 2. The van der Waals surface area contributed by atoms with Crippen LogP contribution in [-0.4, -0.2) is 23.6 Å². The SMILES string of the molecule is CCn1c(COC)c(N)c(=O)n1-c1ccccc1OC. The number of nitrogens with zero attached hydrogens (tertiary/aromatic N) is 2. The molecule has 0 bridgehead atoms. The van der Waals surface area contributed by atoms with E-state index in [0.717, 1.165) is 0 Å². The van der Waals surface area contributed by atoms with Crippen molar-refractivity contribution in [1.29, 1.82) is 0 Å². The van der Waals surface area contributed by atoms with E-state index in [1.807, 2.05) is 25.1 Å². The third kappa shape index (κ3) is 2.18. The molecule has 1 aromatic heterocycles. The van der Waals surface area contributed by atoms with E-state index >= 15 is 0 Å². The predicted molar refractivity (Wildman–Crippen MR) is 77.4 cm³/mol. The van der Waals surface area contributed by atoms with Gasteiger partial charge in [0, 0.05) is 13.7 Å². The molecule has 0 fully saturated rings. The highest BCUT2D eigenvalue weighted by atomic mass is 16.5. The van der Waals surface area contributed by atoms with E-state index in [1.54, 1.807) is 25.0 Å². The second-order valence-corrected chi connectivity index (χ2v) is 4.30. The van der Waals surface area contributed by atoms with Crippen molar-refractivity contribution in [2.24, 2.45) is 0 Å².